The lowest BCUT2D eigenvalue weighted by Gasteiger charge is -2.08. The van der Waals surface area contributed by atoms with Crippen molar-refractivity contribution in [2.45, 2.75) is 16.4 Å². The van der Waals surface area contributed by atoms with Gasteiger partial charge in [-0.25, -0.2) is 9.97 Å². The molecule has 0 unspecified atom stereocenters. The van der Waals surface area contributed by atoms with Crippen molar-refractivity contribution >= 4 is 56.3 Å². The Morgan fingerprint density at radius 3 is 2.35 bits per heavy atom. The maximum absolute atomic E-state index is 6.35. The minimum absolute atomic E-state index is 0.652. The minimum Gasteiger partial charge on any atom is -0.269 e. The van der Waals surface area contributed by atoms with Crippen molar-refractivity contribution < 1.29 is 0 Å². The van der Waals surface area contributed by atoms with Crippen molar-refractivity contribution in [1.29, 1.82) is 0 Å². The summed E-state index contributed by atoms with van der Waals surface area (Å²) in [4.78, 5) is 10.6. The number of thiazole rings is 2. The molecule has 9 heteroatoms. The Bertz CT molecular complexity index is 1610. The van der Waals surface area contributed by atoms with Gasteiger partial charge in [0.15, 0.2) is 10.2 Å². The molecule has 3 aromatic carbocycles. The SMILES string of the molecule is Cc1nc(-c2ccccc2)sc1-c1nnc(Sc2nc3c(Cl)cccc3s2)n1-c1ccccc1. The minimum atomic E-state index is 0.652. The predicted molar refractivity (Wildman–Crippen MR) is 141 cm³/mol. The van der Waals surface area contributed by atoms with E-state index in [1.54, 1.807) is 22.7 Å². The van der Waals surface area contributed by atoms with Gasteiger partial charge in [-0.05, 0) is 43.0 Å². The fraction of sp³-hybridized carbons (Fsp3) is 0.0400. The number of rotatable bonds is 5. The van der Waals surface area contributed by atoms with Crippen LogP contribution in [0.3, 0.4) is 0 Å². The van der Waals surface area contributed by atoms with Crippen molar-refractivity contribution in [2.75, 3.05) is 0 Å². The van der Waals surface area contributed by atoms with E-state index in [1.807, 2.05) is 61.5 Å². The van der Waals surface area contributed by atoms with Gasteiger partial charge in [-0.1, -0.05) is 66.2 Å². The van der Waals surface area contributed by atoms with E-state index in [9.17, 15) is 0 Å². The molecule has 5 nitrogen and oxygen atoms in total. The summed E-state index contributed by atoms with van der Waals surface area (Å²) in [6, 6.07) is 26.2. The second-order valence-electron chi connectivity index (χ2n) is 7.45. The normalized spacial score (nSPS) is 11.4. The summed E-state index contributed by atoms with van der Waals surface area (Å²) in [5.74, 6) is 0.769. The molecule has 34 heavy (non-hydrogen) atoms. The zero-order chi connectivity index (χ0) is 23.1. The van der Waals surface area contributed by atoms with Gasteiger partial charge in [-0.3, -0.25) is 4.57 Å². The highest BCUT2D eigenvalue weighted by Gasteiger charge is 2.22. The molecule has 0 atom stereocenters. The maximum atomic E-state index is 6.35. The second-order valence-corrected chi connectivity index (χ2v) is 11.1. The Balaban J connectivity index is 1.47. The van der Waals surface area contributed by atoms with Crippen LogP contribution in [-0.2, 0) is 0 Å². The standard InChI is InChI=1S/C25H16ClN5S3/c1-15-21(33-23(27-15)16-9-4-2-5-10-16)22-29-30-24(31(22)17-11-6-3-7-12-17)34-25-28-20-18(26)13-8-14-19(20)32-25/h2-14H,1H3. The van der Waals surface area contributed by atoms with E-state index in [4.69, 9.17) is 21.6 Å². The van der Waals surface area contributed by atoms with Gasteiger partial charge in [0, 0.05) is 11.3 Å². The third-order valence-electron chi connectivity index (χ3n) is 5.20. The number of aromatic nitrogens is 5. The van der Waals surface area contributed by atoms with E-state index in [0.29, 0.717) is 5.02 Å². The Morgan fingerprint density at radius 1 is 0.824 bits per heavy atom. The number of fused-ring (bicyclic) bond motifs is 1. The third-order valence-corrected chi connectivity index (χ3v) is 8.73. The van der Waals surface area contributed by atoms with E-state index in [0.717, 1.165) is 52.4 Å². The van der Waals surface area contributed by atoms with Gasteiger partial charge in [-0.15, -0.1) is 32.9 Å². The van der Waals surface area contributed by atoms with Gasteiger partial charge in [-0.2, -0.15) is 0 Å². The molecule has 0 radical (unpaired) electrons. The highest BCUT2D eigenvalue weighted by molar-refractivity contribution is 8.01. The van der Waals surface area contributed by atoms with Gasteiger partial charge >= 0.3 is 0 Å². The average molecular weight is 518 g/mol. The van der Waals surface area contributed by atoms with Crippen LogP contribution >= 0.6 is 46.0 Å². The third kappa shape index (κ3) is 3.92. The van der Waals surface area contributed by atoms with Crippen molar-refractivity contribution in [2.24, 2.45) is 0 Å². The number of nitrogens with zero attached hydrogens (tertiary/aromatic N) is 5. The molecule has 0 fully saturated rings. The summed E-state index contributed by atoms with van der Waals surface area (Å²) >= 11 is 11.1. The molecule has 166 valence electrons. The monoisotopic (exact) mass is 517 g/mol. The first-order chi connectivity index (χ1) is 16.7. The maximum Gasteiger partial charge on any atom is 0.203 e. The molecule has 6 rings (SSSR count). The number of para-hydroxylation sites is 2. The van der Waals surface area contributed by atoms with Crippen LogP contribution in [0.5, 0.6) is 0 Å². The fourth-order valence-electron chi connectivity index (χ4n) is 3.62. The smallest absolute Gasteiger partial charge is 0.203 e. The molecule has 3 heterocycles. The van der Waals surface area contributed by atoms with Crippen LogP contribution in [-0.4, -0.2) is 24.7 Å². The van der Waals surface area contributed by atoms with E-state index in [-0.39, 0.29) is 0 Å². The topological polar surface area (TPSA) is 56.5 Å². The zero-order valence-electron chi connectivity index (χ0n) is 17.8. The number of hydrogen-bond donors (Lipinski definition) is 0. The first kappa shape index (κ1) is 21.5. The lowest BCUT2D eigenvalue weighted by atomic mass is 10.2. The van der Waals surface area contributed by atoms with Crippen LogP contribution in [0.15, 0.2) is 88.4 Å². The van der Waals surface area contributed by atoms with Crippen LogP contribution < -0.4 is 0 Å². The molecule has 0 amide bonds. The Labute approximate surface area is 213 Å². The van der Waals surface area contributed by atoms with Gasteiger partial charge in [0.2, 0.25) is 5.16 Å². The summed E-state index contributed by atoms with van der Waals surface area (Å²) in [5, 5.41) is 11.5. The average Bonchev–Trinajstić information content (AvgIpc) is 3.57. The van der Waals surface area contributed by atoms with Crippen molar-refractivity contribution in [3.05, 3.63) is 89.6 Å². The van der Waals surface area contributed by atoms with E-state index >= 15 is 0 Å². The number of benzene rings is 3. The molecule has 0 aliphatic heterocycles. The van der Waals surface area contributed by atoms with Crippen molar-refractivity contribution in [3.8, 4) is 27.0 Å². The van der Waals surface area contributed by atoms with E-state index in [2.05, 4.69) is 39.0 Å². The number of aryl methyl sites for hydroxylation is 1. The molecule has 6 aromatic rings. The molecular weight excluding hydrogens is 502 g/mol. The van der Waals surface area contributed by atoms with Gasteiger partial charge in [0.25, 0.3) is 0 Å². The number of halogens is 1. The Kier molecular flexibility index (Phi) is 5.66. The molecule has 3 aromatic heterocycles. The summed E-state index contributed by atoms with van der Waals surface area (Å²) < 4.78 is 3.99. The van der Waals surface area contributed by atoms with E-state index < -0.39 is 0 Å². The van der Waals surface area contributed by atoms with Gasteiger partial charge in [0.1, 0.15) is 10.5 Å². The van der Waals surface area contributed by atoms with Crippen LogP contribution in [0, 0.1) is 6.92 Å². The lowest BCUT2D eigenvalue weighted by molar-refractivity contribution is 0.886. The van der Waals surface area contributed by atoms with Crippen LogP contribution in [0.1, 0.15) is 5.69 Å². The quantitative estimate of drug-likeness (QED) is 0.233. The first-order valence-corrected chi connectivity index (χ1v) is 13.3. The molecule has 0 saturated carbocycles. The summed E-state index contributed by atoms with van der Waals surface area (Å²) in [6.07, 6.45) is 0. The lowest BCUT2D eigenvalue weighted by Crippen LogP contribution is -1.99. The molecule has 0 aliphatic carbocycles. The van der Waals surface area contributed by atoms with Crippen molar-refractivity contribution in [3.63, 3.8) is 0 Å². The predicted octanol–water partition coefficient (Wildman–Crippen LogP) is 7.78. The molecule has 0 aliphatic rings. The highest BCUT2D eigenvalue weighted by Crippen LogP contribution is 2.40. The summed E-state index contributed by atoms with van der Waals surface area (Å²) in [7, 11) is 0. The van der Waals surface area contributed by atoms with Crippen molar-refractivity contribution in [1.82, 2.24) is 24.7 Å². The molecule has 0 spiro atoms. The number of hydrogen-bond acceptors (Lipinski definition) is 7. The van der Waals surface area contributed by atoms with Gasteiger partial charge in [0.05, 0.1) is 20.3 Å². The fourth-order valence-corrected chi connectivity index (χ4v) is 6.98. The van der Waals surface area contributed by atoms with Crippen LogP contribution in [0.4, 0.5) is 0 Å². The Hall–Kier alpha value is -3.04. The summed E-state index contributed by atoms with van der Waals surface area (Å²) in [5.41, 5.74) is 3.82. The Morgan fingerprint density at radius 2 is 1.59 bits per heavy atom. The van der Waals surface area contributed by atoms with Gasteiger partial charge < -0.3 is 0 Å². The zero-order valence-corrected chi connectivity index (χ0v) is 21.0. The molecule has 0 saturated heterocycles. The van der Waals surface area contributed by atoms with Crippen LogP contribution in [0.25, 0.3) is 37.2 Å². The molecular formula is C25H16ClN5S3. The van der Waals surface area contributed by atoms with Crippen LogP contribution in [0.2, 0.25) is 5.02 Å². The highest BCUT2D eigenvalue weighted by atomic mass is 35.5. The first-order valence-electron chi connectivity index (χ1n) is 10.4. The second kappa shape index (κ2) is 8.96. The summed E-state index contributed by atoms with van der Waals surface area (Å²) in [6.45, 7) is 2.02. The molecule has 0 N–H and O–H groups in total. The largest absolute Gasteiger partial charge is 0.269 e. The van der Waals surface area contributed by atoms with E-state index in [1.165, 1.54) is 11.8 Å². The molecule has 0 bridgehead atoms.